The van der Waals surface area contributed by atoms with Crippen molar-refractivity contribution in [3.05, 3.63) is 0 Å². The summed E-state index contributed by atoms with van der Waals surface area (Å²) in [6.07, 6.45) is 1.92. The smallest absolute Gasteiger partial charge is 0.330 e. The van der Waals surface area contributed by atoms with Gasteiger partial charge in [0.05, 0.1) is 0 Å². The Hall–Kier alpha value is -0.970. The number of nitrogens with zero attached hydrogens (tertiary/aromatic N) is 1. The molecule has 1 atom stereocenters. The van der Waals surface area contributed by atoms with Crippen molar-refractivity contribution in [2.75, 3.05) is 6.54 Å². The molecule has 0 saturated heterocycles. The predicted octanol–water partition coefficient (Wildman–Crippen LogP) is 0.600. The molecule has 0 amide bonds. The van der Waals surface area contributed by atoms with Crippen LogP contribution in [0.3, 0.4) is 0 Å². The minimum Gasteiger partial charge on any atom is -0.480 e. The molecule has 0 radical (unpaired) electrons. The Morgan fingerprint density at radius 3 is 2.64 bits per heavy atom. The van der Waals surface area contributed by atoms with Gasteiger partial charge in [-0.05, 0) is 25.8 Å². The molecule has 64 valence electrons. The quantitative estimate of drug-likeness (QED) is 0.390. The summed E-state index contributed by atoms with van der Waals surface area (Å²) in [5.41, 5.74) is 11.7. The van der Waals surface area contributed by atoms with Gasteiger partial charge in [-0.15, -0.1) is 0 Å². The summed E-state index contributed by atoms with van der Waals surface area (Å²) in [5.74, 6) is -1.03. The zero-order valence-corrected chi connectivity index (χ0v) is 6.29. The van der Waals surface area contributed by atoms with Gasteiger partial charge in [0, 0.05) is 0 Å². The van der Waals surface area contributed by atoms with Crippen molar-refractivity contribution in [3.63, 3.8) is 0 Å². The Bertz CT molecular complexity index is 138. The Balaban J connectivity index is 3.52. The first-order valence-electron chi connectivity index (χ1n) is 3.51. The zero-order chi connectivity index (χ0) is 8.69. The standard InChI is InChI=1S/C6H13N3O2/c7-4-2-1-3-5(9-8)6(10)11/h5,8H,1-4,7H2,(H,10,11)/t5-/m0/s1. The van der Waals surface area contributed by atoms with E-state index >= 15 is 0 Å². The highest BCUT2D eigenvalue weighted by Gasteiger charge is 2.14. The van der Waals surface area contributed by atoms with E-state index in [0.29, 0.717) is 13.0 Å². The lowest BCUT2D eigenvalue weighted by Crippen LogP contribution is -2.17. The maximum absolute atomic E-state index is 10.3. The molecule has 0 spiro atoms. The third-order valence-electron chi connectivity index (χ3n) is 1.37. The largest absolute Gasteiger partial charge is 0.480 e. The summed E-state index contributed by atoms with van der Waals surface area (Å²) in [6, 6.07) is -0.874. The van der Waals surface area contributed by atoms with Gasteiger partial charge in [-0.3, -0.25) is 0 Å². The van der Waals surface area contributed by atoms with E-state index in [1.165, 1.54) is 0 Å². The van der Waals surface area contributed by atoms with Crippen LogP contribution in [-0.2, 0) is 4.79 Å². The highest BCUT2D eigenvalue weighted by Crippen LogP contribution is 2.03. The van der Waals surface area contributed by atoms with Crippen molar-refractivity contribution in [1.29, 1.82) is 5.53 Å². The summed E-state index contributed by atoms with van der Waals surface area (Å²) in [7, 11) is 0. The number of rotatable bonds is 6. The fourth-order valence-electron chi connectivity index (χ4n) is 0.725. The van der Waals surface area contributed by atoms with Crippen LogP contribution in [0.15, 0.2) is 5.11 Å². The lowest BCUT2D eigenvalue weighted by atomic mass is 10.1. The molecule has 5 heteroatoms. The van der Waals surface area contributed by atoms with Gasteiger partial charge in [-0.1, -0.05) is 0 Å². The van der Waals surface area contributed by atoms with Gasteiger partial charge in [0.25, 0.3) is 0 Å². The fraction of sp³-hybridized carbons (Fsp3) is 0.833. The molecule has 0 rings (SSSR count). The van der Waals surface area contributed by atoms with E-state index in [1.807, 2.05) is 0 Å². The van der Waals surface area contributed by atoms with Crippen LogP contribution in [0.4, 0.5) is 0 Å². The second-order valence-electron chi connectivity index (χ2n) is 2.27. The fourth-order valence-corrected chi connectivity index (χ4v) is 0.725. The number of hydrogen-bond acceptors (Lipinski definition) is 4. The summed E-state index contributed by atoms with van der Waals surface area (Å²) < 4.78 is 0. The minimum absolute atomic E-state index is 0.413. The van der Waals surface area contributed by atoms with Crippen LogP contribution in [0, 0.1) is 5.53 Å². The number of hydrogen-bond donors (Lipinski definition) is 3. The average molecular weight is 159 g/mol. The summed E-state index contributed by atoms with van der Waals surface area (Å²) in [6.45, 7) is 0.560. The maximum atomic E-state index is 10.3. The Kier molecular flexibility index (Phi) is 5.28. The topological polar surface area (TPSA) is 99.5 Å². The third-order valence-corrected chi connectivity index (χ3v) is 1.37. The molecule has 0 aliphatic carbocycles. The van der Waals surface area contributed by atoms with E-state index in [0.717, 1.165) is 12.8 Å². The van der Waals surface area contributed by atoms with E-state index in [4.69, 9.17) is 16.4 Å². The molecule has 0 aliphatic rings. The molecule has 0 fully saturated rings. The van der Waals surface area contributed by atoms with Gasteiger partial charge in [-0.2, -0.15) is 5.11 Å². The maximum Gasteiger partial charge on any atom is 0.330 e. The third kappa shape index (κ3) is 4.44. The second kappa shape index (κ2) is 5.79. The molecule has 0 saturated carbocycles. The zero-order valence-electron chi connectivity index (χ0n) is 6.29. The van der Waals surface area contributed by atoms with E-state index in [9.17, 15) is 4.79 Å². The highest BCUT2D eigenvalue weighted by molar-refractivity contribution is 5.73. The number of nitrogens with one attached hydrogen (secondary N) is 1. The number of unbranched alkanes of at least 4 members (excludes halogenated alkanes) is 1. The normalized spacial score (nSPS) is 12.5. The molecular weight excluding hydrogens is 146 g/mol. The van der Waals surface area contributed by atoms with Crippen LogP contribution in [0.1, 0.15) is 19.3 Å². The summed E-state index contributed by atoms with van der Waals surface area (Å²) in [5, 5.41) is 11.4. The summed E-state index contributed by atoms with van der Waals surface area (Å²) in [4.78, 5) is 10.3. The second-order valence-corrected chi connectivity index (χ2v) is 2.27. The molecule has 0 aromatic carbocycles. The molecule has 0 aromatic rings. The average Bonchev–Trinajstić information content (AvgIpc) is 1.97. The number of carbonyl (C=O) groups is 1. The Labute approximate surface area is 65.1 Å². The lowest BCUT2D eigenvalue weighted by Gasteiger charge is -2.02. The van der Waals surface area contributed by atoms with Gasteiger partial charge in [-0.25, -0.2) is 10.3 Å². The van der Waals surface area contributed by atoms with E-state index in [-0.39, 0.29) is 0 Å². The van der Waals surface area contributed by atoms with Crippen LogP contribution in [0.2, 0.25) is 0 Å². The lowest BCUT2D eigenvalue weighted by molar-refractivity contribution is -0.138. The number of aliphatic carboxylic acids is 1. The number of carboxylic acids is 1. The molecule has 0 aliphatic heterocycles. The highest BCUT2D eigenvalue weighted by atomic mass is 16.4. The number of nitrogens with two attached hydrogens (primary N) is 1. The van der Waals surface area contributed by atoms with E-state index in [2.05, 4.69) is 5.11 Å². The molecule has 0 bridgehead atoms. The number of carboxylic acid groups (broad SMARTS) is 1. The van der Waals surface area contributed by atoms with Crippen molar-refractivity contribution in [2.45, 2.75) is 25.3 Å². The van der Waals surface area contributed by atoms with Crippen LogP contribution in [0.5, 0.6) is 0 Å². The van der Waals surface area contributed by atoms with Gasteiger partial charge in [0.2, 0.25) is 0 Å². The van der Waals surface area contributed by atoms with E-state index < -0.39 is 12.0 Å². The summed E-state index contributed by atoms with van der Waals surface area (Å²) >= 11 is 0. The predicted molar refractivity (Wildman–Crippen MR) is 39.5 cm³/mol. The van der Waals surface area contributed by atoms with Gasteiger partial charge < -0.3 is 10.8 Å². The van der Waals surface area contributed by atoms with Crippen LogP contribution >= 0.6 is 0 Å². The van der Waals surface area contributed by atoms with Crippen molar-refractivity contribution in [1.82, 2.24) is 0 Å². The minimum atomic E-state index is -1.03. The van der Waals surface area contributed by atoms with Gasteiger partial charge in [0.1, 0.15) is 0 Å². The van der Waals surface area contributed by atoms with Crippen LogP contribution < -0.4 is 5.73 Å². The molecular formula is C6H13N3O2. The first-order valence-corrected chi connectivity index (χ1v) is 3.51. The van der Waals surface area contributed by atoms with Crippen molar-refractivity contribution < 1.29 is 9.90 Å². The Morgan fingerprint density at radius 2 is 2.27 bits per heavy atom. The SMILES string of the molecule is N=N[C@@H](CCCCN)C(=O)O. The molecule has 11 heavy (non-hydrogen) atoms. The van der Waals surface area contributed by atoms with Crippen LogP contribution in [-0.4, -0.2) is 23.7 Å². The Morgan fingerprint density at radius 1 is 1.64 bits per heavy atom. The van der Waals surface area contributed by atoms with Gasteiger partial charge >= 0.3 is 5.97 Å². The monoisotopic (exact) mass is 159 g/mol. The molecule has 5 nitrogen and oxygen atoms in total. The van der Waals surface area contributed by atoms with Crippen LogP contribution in [0.25, 0.3) is 0 Å². The molecule has 4 N–H and O–H groups in total. The van der Waals surface area contributed by atoms with Gasteiger partial charge in [0.15, 0.2) is 6.04 Å². The molecule has 0 unspecified atom stereocenters. The van der Waals surface area contributed by atoms with Crippen molar-refractivity contribution >= 4 is 5.97 Å². The first-order chi connectivity index (χ1) is 5.22. The van der Waals surface area contributed by atoms with E-state index in [1.54, 1.807) is 0 Å². The molecule has 0 heterocycles. The van der Waals surface area contributed by atoms with Crippen molar-refractivity contribution in [3.8, 4) is 0 Å². The molecule has 0 aromatic heterocycles. The van der Waals surface area contributed by atoms with Crippen molar-refractivity contribution in [2.24, 2.45) is 10.8 Å². The first kappa shape index (κ1) is 10.0.